The molecular weight excluding hydrogens is 236 g/mol. The summed E-state index contributed by atoms with van der Waals surface area (Å²) in [6, 6.07) is 6.92. The molecule has 0 unspecified atom stereocenters. The Hall–Kier alpha value is -0.940. The molecule has 4 heteroatoms. The van der Waals surface area contributed by atoms with Gasteiger partial charge in [-0.25, -0.2) is 10.0 Å². The van der Waals surface area contributed by atoms with Gasteiger partial charge in [-0.05, 0) is 30.8 Å². The van der Waals surface area contributed by atoms with E-state index in [0.29, 0.717) is 0 Å². The monoisotopic (exact) mass is 260 g/mol. The van der Waals surface area contributed by atoms with Crippen molar-refractivity contribution in [3.8, 4) is 0 Å². The molecule has 0 aliphatic carbocycles. The van der Waals surface area contributed by atoms with Gasteiger partial charge in [0.2, 0.25) is 0 Å². The first-order valence-corrected chi connectivity index (χ1v) is 7.20. The Bertz CT molecular complexity index is 438. The van der Waals surface area contributed by atoms with Crippen molar-refractivity contribution in [2.75, 3.05) is 40.3 Å². The molecule has 0 saturated carbocycles. The second kappa shape index (κ2) is 5.59. The maximum absolute atomic E-state index is 3.23. The van der Waals surface area contributed by atoms with Gasteiger partial charge in [-0.1, -0.05) is 18.2 Å². The standard InChI is InChI=1S/C15H24N4/c1-16-10-13-3-4-14-11-19(12-15(14)9-13)18-7-5-17(2)6-8-18/h3-4,9,16H,5-8,10-12H2,1-2H3. The Kier molecular flexibility index (Phi) is 3.84. The Morgan fingerprint density at radius 3 is 2.47 bits per heavy atom. The molecule has 2 heterocycles. The van der Waals surface area contributed by atoms with Gasteiger partial charge in [0.05, 0.1) is 0 Å². The van der Waals surface area contributed by atoms with Gasteiger partial charge in [-0.2, -0.15) is 0 Å². The van der Waals surface area contributed by atoms with Crippen LogP contribution in [0, 0.1) is 0 Å². The van der Waals surface area contributed by atoms with Crippen LogP contribution < -0.4 is 5.32 Å². The third-order valence-corrected chi connectivity index (χ3v) is 4.24. The topological polar surface area (TPSA) is 21.8 Å². The van der Waals surface area contributed by atoms with Crippen LogP contribution in [0.1, 0.15) is 16.7 Å². The SMILES string of the molecule is CNCc1ccc2c(c1)CN(N1CCN(C)CC1)C2. The van der Waals surface area contributed by atoms with E-state index in [-0.39, 0.29) is 0 Å². The molecule has 0 atom stereocenters. The van der Waals surface area contributed by atoms with E-state index in [1.54, 1.807) is 0 Å². The van der Waals surface area contributed by atoms with Gasteiger partial charge < -0.3 is 10.2 Å². The zero-order chi connectivity index (χ0) is 13.2. The van der Waals surface area contributed by atoms with E-state index in [1.807, 2.05) is 7.05 Å². The molecule has 0 spiro atoms. The summed E-state index contributed by atoms with van der Waals surface area (Å²) in [4.78, 5) is 2.41. The average Bonchev–Trinajstić information content (AvgIpc) is 2.83. The molecule has 1 N–H and O–H groups in total. The van der Waals surface area contributed by atoms with Crippen molar-refractivity contribution in [3.63, 3.8) is 0 Å². The van der Waals surface area contributed by atoms with E-state index < -0.39 is 0 Å². The van der Waals surface area contributed by atoms with Crippen LogP contribution in [-0.4, -0.2) is 55.2 Å². The highest BCUT2D eigenvalue weighted by Gasteiger charge is 2.26. The van der Waals surface area contributed by atoms with E-state index in [0.717, 1.165) is 32.7 Å². The first kappa shape index (κ1) is 13.1. The van der Waals surface area contributed by atoms with Gasteiger partial charge in [0.15, 0.2) is 0 Å². The fourth-order valence-corrected chi connectivity index (χ4v) is 3.02. The lowest BCUT2D eigenvalue weighted by molar-refractivity contribution is -0.0581. The highest BCUT2D eigenvalue weighted by molar-refractivity contribution is 5.34. The van der Waals surface area contributed by atoms with Crippen LogP contribution in [-0.2, 0) is 19.6 Å². The summed E-state index contributed by atoms with van der Waals surface area (Å²) in [5.41, 5.74) is 4.40. The third kappa shape index (κ3) is 2.82. The highest BCUT2D eigenvalue weighted by atomic mass is 15.6. The molecule has 104 valence electrons. The average molecular weight is 260 g/mol. The number of nitrogens with one attached hydrogen (secondary N) is 1. The summed E-state index contributed by atoms with van der Waals surface area (Å²) in [5, 5.41) is 8.27. The molecule has 19 heavy (non-hydrogen) atoms. The molecule has 0 amide bonds. The van der Waals surface area contributed by atoms with E-state index in [4.69, 9.17) is 0 Å². The molecule has 1 fully saturated rings. The van der Waals surface area contributed by atoms with Crippen molar-refractivity contribution in [1.82, 2.24) is 20.2 Å². The minimum absolute atomic E-state index is 0.960. The van der Waals surface area contributed by atoms with Crippen molar-refractivity contribution >= 4 is 0 Å². The van der Waals surface area contributed by atoms with Gasteiger partial charge >= 0.3 is 0 Å². The van der Waals surface area contributed by atoms with Crippen molar-refractivity contribution < 1.29 is 0 Å². The number of piperazine rings is 1. The van der Waals surface area contributed by atoms with Gasteiger partial charge in [0.1, 0.15) is 0 Å². The molecular formula is C15H24N4. The molecule has 2 aliphatic rings. The fourth-order valence-electron chi connectivity index (χ4n) is 3.02. The van der Waals surface area contributed by atoms with Gasteiger partial charge in [-0.15, -0.1) is 0 Å². The second-order valence-electron chi connectivity index (χ2n) is 5.71. The number of hydrazine groups is 1. The summed E-state index contributed by atoms with van der Waals surface area (Å²) in [5.74, 6) is 0. The van der Waals surface area contributed by atoms with Gasteiger partial charge in [0, 0.05) is 45.8 Å². The number of likely N-dealkylation sites (N-methyl/N-ethyl adjacent to an activating group) is 1. The largest absolute Gasteiger partial charge is 0.316 e. The normalized spacial score (nSPS) is 21.8. The number of benzene rings is 1. The minimum atomic E-state index is 0.960. The lowest BCUT2D eigenvalue weighted by Gasteiger charge is -2.38. The van der Waals surface area contributed by atoms with Crippen LogP contribution in [0.5, 0.6) is 0 Å². The van der Waals surface area contributed by atoms with Crippen molar-refractivity contribution in [2.45, 2.75) is 19.6 Å². The van der Waals surface area contributed by atoms with E-state index in [9.17, 15) is 0 Å². The number of rotatable bonds is 3. The number of fused-ring (bicyclic) bond motifs is 1. The maximum atomic E-state index is 3.23. The molecule has 4 nitrogen and oxygen atoms in total. The predicted octanol–water partition coefficient (Wildman–Crippen LogP) is 0.884. The van der Waals surface area contributed by atoms with Crippen LogP contribution in [0.25, 0.3) is 0 Å². The smallest absolute Gasteiger partial charge is 0.0391 e. The molecule has 0 aromatic heterocycles. The summed E-state index contributed by atoms with van der Waals surface area (Å²) < 4.78 is 0. The van der Waals surface area contributed by atoms with Crippen molar-refractivity contribution in [2.24, 2.45) is 0 Å². The zero-order valence-corrected chi connectivity index (χ0v) is 12.0. The highest BCUT2D eigenvalue weighted by Crippen LogP contribution is 2.25. The Balaban J connectivity index is 1.66. The van der Waals surface area contributed by atoms with Crippen LogP contribution in [0.3, 0.4) is 0 Å². The van der Waals surface area contributed by atoms with Crippen LogP contribution in [0.15, 0.2) is 18.2 Å². The van der Waals surface area contributed by atoms with E-state index >= 15 is 0 Å². The van der Waals surface area contributed by atoms with Crippen molar-refractivity contribution in [1.29, 1.82) is 0 Å². The van der Waals surface area contributed by atoms with Gasteiger partial charge in [0.25, 0.3) is 0 Å². The lowest BCUT2D eigenvalue weighted by Crippen LogP contribution is -2.50. The predicted molar refractivity (Wildman–Crippen MR) is 77.5 cm³/mol. The minimum Gasteiger partial charge on any atom is -0.316 e. The Morgan fingerprint density at radius 1 is 1.00 bits per heavy atom. The summed E-state index contributed by atoms with van der Waals surface area (Å²) >= 11 is 0. The summed E-state index contributed by atoms with van der Waals surface area (Å²) in [7, 11) is 4.21. The van der Waals surface area contributed by atoms with Crippen LogP contribution in [0.2, 0.25) is 0 Å². The van der Waals surface area contributed by atoms with Crippen LogP contribution in [0.4, 0.5) is 0 Å². The van der Waals surface area contributed by atoms with Crippen LogP contribution >= 0.6 is 0 Å². The Morgan fingerprint density at radius 2 is 1.74 bits per heavy atom. The first-order chi connectivity index (χ1) is 9.26. The molecule has 0 bridgehead atoms. The lowest BCUT2D eigenvalue weighted by atomic mass is 10.1. The summed E-state index contributed by atoms with van der Waals surface area (Å²) in [6.07, 6.45) is 0. The maximum Gasteiger partial charge on any atom is 0.0391 e. The molecule has 0 radical (unpaired) electrons. The first-order valence-electron chi connectivity index (χ1n) is 7.20. The quantitative estimate of drug-likeness (QED) is 0.871. The van der Waals surface area contributed by atoms with Crippen molar-refractivity contribution in [3.05, 3.63) is 34.9 Å². The molecule has 1 saturated heterocycles. The molecule has 2 aliphatic heterocycles. The Labute approximate surface area is 116 Å². The number of hydrogen-bond donors (Lipinski definition) is 1. The number of hydrogen-bond acceptors (Lipinski definition) is 4. The number of nitrogens with zero attached hydrogens (tertiary/aromatic N) is 3. The third-order valence-electron chi connectivity index (χ3n) is 4.24. The fraction of sp³-hybridized carbons (Fsp3) is 0.600. The zero-order valence-electron chi connectivity index (χ0n) is 12.0. The molecule has 1 aromatic carbocycles. The van der Waals surface area contributed by atoms with E-state index in [2.05, 4.69) is 45.5 Å². The molecule has 1 aromatic rings. The van der Waals surface area contributed by atoms with E-state index in [1.165, 1.54) is 29.8 Å². The van der Waals surface area contributed by atoms with Gasteiger partial charge in [-0.3, -0.25) is 0 Å². The molecule has 3 rings (SSSR count). The summed E-state index contributed by atoms with van der Waals surface area (Å²) in [6.45, 7) is 7.80. The second-order valence-corrected chi connectivity index (χ2v) is 5.71.